The molecule has 0 radical (unpaired) electrons. The molecule has 0 aliphatic heterocycles. The van der Waals surface area contributed by atoms with E-state index in [1.54, 1.807) is 18.2 Å². The van der Waals surface area contributed by atoms with E-state index in [1.165, 1.54) is 17.0 Å². The van der Waals surface area contributed by atoms with Crippen LogP contribution >= 0.6 is 0 Å². The van der Waals surface area contributed by atoms with Crippen LogP contribution in [-0.4, -0.2) is 42.2 Å². The van der Waals surface area contributed by atoms with Gasteiger partial charge in [0.2, 0.25) is 5.91 Å². The Balaban J connectivity index is 2.62. The number of benzene rings is 1. The number of amides is 1. The number of carbonyl (C=O) groups excluding carboxylic acids is 1. The number of aliphatic hydroxyl groups excluding tert-OH is 1. The molecule has 0 unspecified atom stereocenters. The molecule has 1 aromatic carbocycles. The maximum absolute atomic E-state index is 12.0. The minimum atomic E-state index is -2.87. The highest BCUT2D eigenvalue weighted by molar-refractivity contribution is 5.79. The molecule has 4 nitrogen and oxygen atoms in total. The lowest BCUT2D eigenvalue weighted by Crippen LogP contribution is -2.34. The van der Waals surface area contributed by atoms with E-state index in [0.29, 0.717) is 12.1 Å². The zero-order valence-corrected chi connectivity index (χ0v) is 11.0. The van der Waals surface area contributed by atoms with Gasteiger partial charge in [0.1, 0.15) is 5.75 Å². The lowest BCUT2D eigenvalue weighted by atomic mass is 10.1. The van der Waals surface area contributed by atoms with E-state index in [1.807, 2.05) is 0 Å². The summed E-state index contributed by atoms with van der Waals surface area (Å²) in [6, 6.07) is 5.89. The Labute approximate surface area is 116 Å². The molecule has 0 saturated carbocycles. The minimum Gasteiger partial charge on any atom is -0.435 e. The van der Waals surface area contributed by atoms with Crippen LogP contribution in [0, 0.1) is 0 Å². The van der Waals surface area contributed by atoms with Gasteiger partial charge in [-0.2, -0.15) is 8.78 Å². The minimum absolute atomic E-state index is 0.0505. The summed E-state index contributed by atoms with van der Waals surface area (Å²) in [5.41, 5.74) is 0.684. The largest absolute Gasteiger partial charge is 0.435 e. The average Bonchev–Trinajstić information content (AvgIpc) is 2.40. The monoisotopic (exact) mass is 285 g/mol. The molecule has 1 amide bonds. The number of halogens is 2. The van der Waals surface area contributed by atoms with Crippen LogP contribution in [0.5, 0.6) is 5.75 Å². The number of ether oxygens (including phenoxy) is 1. The van der Waals surface area contributed by atoms with Crippen LogP contribution in [0.25, 0.3) is 0 Å². The molecule has 1 rings (SSSR count). The smallest absolute Gasteiger partial charge is 0.387 e. The van der Waals surface area contributed by atoms with E-state index in [9.17, 15) is 13.6 Å². The van der Waals surface area contributed by atoms with Crippen molar-refractivity contribution in [2.45, 2.75) is 13.0 Å². The van der Waals surface area contributed by atoms with E-state index in [2.05, 4.69) is 11.3 Å². The Morgan fingerprint density at radius 1 is 1.40 bits per heavy atom. The third-order valence-electron chi connectivity index (χ3n) is 2.58. The number of nitrogens with zero attached hydrogens (tertiary/aromatic N) is 1. The molecule has 0 aliphatic carbocycles. The fourth-order valence-corrected chi connectivity index (χ4v) is 1.67. The molecule has 0 atom stereocenters. The summed E-state index contributed by atoms with van der Waals surface area (Å²) in [7, 11) is 0. The Bertz CT molecular complexity index is 435. The number of aliphatic hydroxyl groups is 1. The standard InChI is InChI=1S/C14H17F2NO3/c1-2-7-17(8-9-18)13(19)10-11-3-5-12(6-4-11)20-14(15)16/h2-6,14,18H,1,7-10H2. The topological polar surface area (TPSA) is 49.8 Å². The van der Waals surface area contributed by atoms with E-state index >= 15 is 0 Å². The van der Waals surface area contributed by atoms with Gasteiger partial charge in [-0.25, -0.2) is 0 Å². The summed E-state index contributed by atoms with van der Waals surface area (Å²) in [4.78, 5) is 13.4. The van der Waals surface area contributed by atoms with Crippen molar-refractivity contribution in [1.82, 2.24) is 4.90 Å². The zero-order chi connectivity index (χ0) is 15.0. The fraction of sp³-hybridized carbons (Fsp3) is 0.357. The summed E-state index contributed by atoms with van der Waals surface area (Å²) in [5.74, 6) is -0.115. The highest BCUT2D eigenvalue weighted by Crippen LogP contribution is 2.15. The lowest BCUT2D eigenvalue weighted by Gasteiger charge is -2.20. The average molecular weight is 285 g/mol. The second-order valence-corrected chi connectivity index (χ2v) is 4.05. The number of hydrogen-bond acceptors (Lipinski definition) is 3. The second-order valence-electron chi connectivity index (χ2n) is 4.05. The lowest BCUT2D eigenvalue weighted by molar-refractivity contribution is -0.130. The quantitative estimate of drug-likeness (QED) is 0.741. The van der Waals surface area contributed by atoms with Gasteiger partial charge >= 0.3 is 6.61 Å². The van der Waals surface area contributed by atoms with Gasteiger partial charge in [0.05, 0.1) is 13.0 Å². The molecule has 0 aromatic heterocycles. The van der Waals surface area contributed by atoms with Crippen LogP contribution in [0.1, 0.15) is 5.56 Å². The fourth-order valence-electron chi connectivity index (χ4n) is 1.67. The van der Waals surface area contributed by atoms with Crippen molar-refractivity contribution in [1.29, 1.82) is 0 Å². The van der Waals surface area contributed by atoms with Crippen molar-refractivity contribution in [2.24, 2.45) is 0 Å². The predicted octanol–water partition coefficient (Wildman–Crippen LogP) is 1.84. The van der Waals surface area contributed by atoms with Crippen LogP contribution in [0.4, 0.5) is 8.78 Å². The molecule has 1 aromatic rings. The van der Waals surface area contributed by atoms with Gasteiger partial charge in [-0.15, -0.1) is 6.58 Å². The Hall–Kier alpha value is -1.95. The van der Waals surface area contributed by atoms with Gasteiger partial charge in [0, 0.05) is 13.1 Å². The van der Waals surface area contributed by atoms with Crippen LogP contribution in [0.2, 0.25) is 0 Å². The summed E-state index contributed by atoms with van der Waals surface area (Å²) < 4.78 is 28.2. The van der Waals surface area contributed by atoms with E-state index < -0.39 is 6.61 Å². The van der Waals surface area contributed by atoms with Crippen molar-refractivity contribution in [2.75, 3.05) is 19.7 Å². The summed E-state index contributed by atoms with van der Waals surface area (Å²) >= 11 is 0. The van der Waals surface area contributed by atoms with Crippen molar-refractivity contribution in [3.63, 3.8) is 0 Å². The molecule has 0 heterocycles. The molecule has 110 valence electrons. The SMILES string of the molecule is C=CCN(CCO)C(=O)Cc1ccc(OC(F)F)cc1. The van der Waals surface area contributed by atoms with Crippen molar-refractivity contribution < 1.29 is 23.4 Å². The van der Waals surface area contributed by atoms with Gasteiger partial charge in [-0.3, -0.25) is 4.79 Å². The first-order valence-corrected chi connectivity index (χ1v) is 6.10. The number of rotatable bonds is 8. The highest BCUT2D eigenvalue weighted by atomic mass is 19.3. The van der Waals surface area contributed by atoms with Crippen LogP contribution in [0.3, 0.4) is 0 Å². The molecule has 0 aliphatic rings. The molecule has 0 saturated heterocycles. The summed E-state index contributed by atoms with van der Waals surface area (Å²) in [6.07, 6.45) is 1.70. The van der Waals surface area contributed by atoms with Crippen molar-refractivity contribution >= 4 is 5.91 Å². The molecular formula is C14H17F2NO3. The molecule has 20 heavy (non-hydrogen) atoms. The number of carbonyl (C=O) groups is 1. The molecule has 6 heteroatoms. The first-order valence-electron chi connectivity index (χ1n) is 6.10. The molecular weight excluding hydrogens is 268 g/mol. The summed E-state index contributed by atoms with van der Waals surface area (Å²) in [5, 5.41) is 8.88. The van der Waals surface area contributed by atoms with E-state index in [-0.39, 0.29) is 31.2 Å². The van der Waals surface area contributed by atoms with E-state index in [4.69, 9.17) is 5.11 Å². The van der Waals surface area contributed by atoms with E-state index in [0.717, 1.165) is 0 Å². The molecule has 0 bridgehead atoms. The maximum atomic E-state index is 12.0. The Kier molecular flexibility index (Phi) is 6.66. The molecule has 0 fully saturated rings. The second kappa shape index (κ2) is 8.27. The normalized spacial score (nSPS) is 10.4. The van der Waals surface area contributed by atoms with Gasteiger partial charge in [0.15, 0.2) is 0 Å². The Morgan fingerprint density at radius 2 is 2.05 bits per heavy atom. The van der Waals surface area contributed by atoms with Crippen LogP contribution in [0.15, 0.2) is 36.9 Å². The number of hydrogen-bond donors (Lipinski definition) is 1. The van der Waals surface area contributed by atoms with Gasteiger partial charge in [-0.1, -0.05) is 18.2 Å². The summed E-state index contributed by atoms with van der Waals surface area (Å²) in [6.45, 7) is 1.15. The van der Waals surface area contributed by atoms with Gasteiger partial charge in [-0.05, 0) is 17.7 Å². The molecule has 0 spiro atoms. The first-order chi connectivity index (χ1) is 9.56. The van der Waals surface area contributed by atoms with Gasteiger partial charge < -0.3 is 14.7 Å². The molecule has 1 N–H and O–H groups in total. The number of alkyl halides is 2. The van der Waals surface area contributed by atoms with Gasteiger partial charge in [0.25, 0.3) is 0 Å². The zero-order valence-electron chi connectivity index (χ0n) is 11.0. The first kappa shape index (κ1) is 16.1. The predicted molar refractivity (Wildman–Crippen MR) is 70.6 cm³/mol. The van der Waals surface area contributed by atoms with Crippen molar-refractivity contribution in [3.05, 3.63) is 42.5 Å². The third kappa shape index (κ3) is 5.36. The van der Waals surface area contributed by atoms with Crippen molar-refractivity contribution in [3.8, 4) is 5.75 Å². The maximum Gasteiger partial charge on any atom is 0.387 e. The van der Waals surface area contributed by atoms with Crippen LogP contribution in [-0.2, 0) is 11.2 Å². The Morgan fingerprint density at radius 3 is 2.55 bits per heavy atom. The third-order valence-corrected chi connectivity index (χ3v) is 2.58. The van der Waals surface area contributed by atoms with Crippen LogP contribution < -0.4 is 4.74 Å². The highest BCUT2D eigenvalue weighted by Gasteiger charge is 2.12.